The number of aryl methyl sites for hydroxylation is 1. The third-order valence-corrected chi connectivity index (χ3v) is 3.82. The molecule has 128 valence electrons. The second kappa shape index (κ2) is 8.49. The minimum absolute atomic E-state index is 0.0798. The quantitative estimate of drug-likeness (QED) is 0.616. The van der Waals surface area contributed by atoms with Gasteiger partial charge in [-0.1, -0.05) is 29.8 Å². The molecule has 1 amide bonds. The van der Waals surface area contributed by atoms with Gasteiger partial charge in [0.2, 0.25) is 5.91 Å². The molecule has 1 N–H and O–H groups in total. The summed E-state index contributed by atoms with van der Waals surface area (Å²) >= 11 is 6.37. The summed E-state index contributed by atoms with van der Waals surface area (Å²) in [4.78, 5) is 22.5. The molecule has 1 heterocycles. The molecule has 0 fully saturated rings. The third-order valence-electron chi connectivity index (χ3n) is 3.43. The van der Waals surface area contributed by atoms with Gasteiger partial charge in [-0.05, 0) is 25.5 Å². The van der Waals surface area contributed by atoms with Crippen molar-refractivity contribution in [3.8, 4) is 5.69 Å². The van der Waals surface area contributed by atoms with Crippen LogP contribution in [-0.4, -0.2) is 28.2 Å². The van der Waals surface area contributed by atoms with Crippen LogP contribution in [0.3, 0.4) is 0 Å². The van der Waals surface area contributed by atoms with Crippen molar-refractivity contribution >= 4 is 23.5 Å². The zero-order chi connectivity index (χ0) is 17.5. The number of hydrogen-bond donors (Lipinski definition) is 1. The van der Waals surface area contributed by atoms with Crippen molar-refractivity contribution < 1.29 is 14.3 Å². The highest BCUT2D eigenvalue weighted by Crippen LogP contribution is 2.24. The van der Waals surface area contributed by atoms with E-state index in [1.54, 1.807) is 4.68 Å². The third kappa shape index (κ3) is 4.83. The molecule has 0 aliphatic rings. The predicted molar refractivity (Wildman–Crippen MR) is 91.0 cm³/mol. The Kier molecular flexibility index (Phi) is 6.37. The maximum absolute atomic E-state index is 11.8. The Morgan fingerprint density at radius 1 is 1.29 bits per heavy atom. The first-order valence-corrected chi connectivity index (χ1v) is 8.06. The summed E-state index contributed by atoms with van der Waals surface area (Å²) in [5.74, 6) is -0.442. The van der Waals surface area contributed by atoms with Crippen LogP contribution in [0.25, 0.3) is 5.69 Å². The van der Waals surface area contributed by atoms with Crippen molar-refractivity contribution in [1.29, 1.82) is 0 Å². The van der Waals surface area contributed by atoms with E-state index in [1.165, 1.54) is 6.92 Å². The fourth-order valence-electron chi connectivity index (χ4n) is 2.16. The number of carbonyl (C=O) groups is 2. The van der Waals surface area contributed by atoms with Crippen molar-refractivity contribution in [2.24, 2.45) is 0 Å². The number of halogens is 1. The van der Waals surface area contributed by atoms with Crippen molar-refractivity contribution in [2.75, 3.05) is 6.54 Å². The van der Waals surface area contributed by atoms with E-state index in [1.807, 2.05) is 37.3 Å². The topological polar surface area (TPSA) is 73.2 Å². The first-order chi connectivity index (χ1) is 11.5. The van der Waals surface area contributed by atoms with Gasteiger partial charge >= 0.3 is 5.97 Å². The van der Waals surface area contributed by atoms with E-state index in [-0.39, 0.29) is 24.9 Å². The zero-order valence-corrected chi connectivity index (χ0v) is 14.5. The first kappa shape index (κ1) is 18.0. The van der Waals surface area contributed by atoms with Crippen LogP contribution in [0.1, 0.15) is 31.0 Å². The normalized spacial score (nSPS) is 10.5. The van der Waals surface area contributed by atoms with Crippen LogP contribution in [0, 0.1) is 6.92 Å². The fraction of sp³-hybridized carbons (Fsp3) is 0.353. The molecule has 2 rings (SSSR count). The molecular weight excluding hydrogens is 330 g/mol. The largest absolute Gasteiger partial charge is 0.461 e. The highest BCUT2D eigenvalue weighted by molar-refractivity contribution is 6.30. The molecule has 0 saturated carbocycles. The van der Waals surface area contributed by atoms with Crippen LogP contribution in [0.4, 0.5) is 0 Å². The number of benzene rings is 1. The van der Waals surface area contributed by atoms with E-state index < -0.39 is 0 Å². The molecular formula is C17H20ClN3O3. The minimum Gasteiger partial charge on any atom is -0.461 e. The predicted octanol–water partition coefficient (Wildman–Crippen LogP) is 2.79. The number of nitrogens with one attached hydrogen (secondary N) is 1. The number of para-hydroxylation sites is 1. The van der Waals surface area contributed by atoms with E-state index in [0.717, 1.165) is 11.4 Å². The van der Waals surface area contributed by atoms with Gasteiger partial charge in [0, 0.05) is 25.5 Å². The van der Waals surface area contributed by atoms with Gasteiger partial charge in [-0.15, -0.1) is 0 Å². The molecule has 0 aliphatic carbocycles. The number of aromatic nitrogens is 2. The van der Waals surface area contributed by atoms with E-state index in [2.05, 4.69) is 10.4 Å². The summed E-state index contributed by atoms with van der Waals surface area (Å²) in [6, 6.07) is 9.51. The van der Waals surface area contributed by atoms with Crippen molar-refractivity contribution in [1.82, 2.24) is 15.1 Å². The van der Waals surface area contributed by atoms with Crippen molar-refractivity contribution in [3.63, 3.8) is 0 Å². The number of hydrogen-bond acceptors (Lipinski definition) is 4. The second-order valence-electron chi connectivity index (χ2n) is 5.35. The number of esters is 1. The number of ether oxygens (including phenoxy) is 1. The molecule has 0 bridgehead atoms. The van der Waals surface area contributed by atoms with Crippen LogP contribution in [0.5, 0.6) is 0 Å². The monoisotopic (exact) mass is 349 g/mol. The van der Waals surface area contributed by atoms with Gasteiger partial charge in [0.1, 0.15) is 11.8 Å². The molecule has 24 heavy (non-hydrogen) atoms. The lowest BCUT2D eigenvalue weighted by molar-refractivity contribution is -0.145. The van der Waals surface area contributed by atoms with Crippen molar-refractivity contribution in [2.45, 2.75) is 33.3 Å². The molecule has 0 aliphatic heterocycles. The lowest BCUT2D eigenvalue weighted by Crippen LogP contribution is -2.21. The summed E-state index contributed by atoms with van der Waals surface area (Å²) in [5.41, 5.74) is 2.25. The Balaban J connectivity index is 1.92. The molecule has 0 radical (unpaired) electrons. The maximum atomic E-state index is 11.8. The Labute approximate surface area is 145 Å². The van der Waals surface area contributed by atoms with E-state index in [4.69, 9.17) is 16.3 Å². The number of rotatable bonds is 7. The molecule has 0 atom stereocenters. The van der Waals surface area contributed by atoms with E-state index >= 15 is 0 Å². The number of amides is 1. The lowest BCUT2D eigenvalue weighted by Gasteiger charge is -2.06. The maximum Gasteiger partial charge on any atom is 0.306 e. The van der Waals surface area contributed by atoms with Gasteiger partial charge in [-0.25, -0.2) is 4.68 Å². The summed E-state index contributed by atoms with van der Waals surface area (Å²) in [6.07, 6.45) is 0.776. The second-order valence-corrected chi connectivity index (χ2v) is 5.71. The molecule has 0 unspecified atom stereocenters. The SMILES string of the molecule is CC(=O)NCCCC(=O)OCc1c(C)nn(-c2ccccc2)c1Cl. The van der Waals surface area contributed by atoms with E-state index in [9.17, 15) is 9.59 Å². The lowest BCUT2D eigenvalue weighted by atomic mass is 10.2. The van der Waals surface area contributed by atoms with Crippen LogP contribution in [-0.2, 0) is 20.9 Å². The van der Waals surface area contributed by atoms with Crippen molar-refractivity contribution in [3.05, 3.63) is 46.7 Å². The van der Waals surface area contributed by atoms with Crippen LogP contribution in [0.15, 0.2) is 30.3 Å². The highest BCUT2D eigenvalue weighted by Gasteiger charge is 2.16. The molecule has 0 saturated heterocycles. The molecule has 1 aromatic heterocycles. The average Bonchev–Trinajstić information content (AvgIpc) is 2.85. The Morgan fingerprint density at radius 2 is 2.00 bits per heavy atom. The van der Waals surface area contributed by atoms with Crippen LogP contribution in [0.2, 0.25) is 5.15 Å². The molecule has 0 spiro atoms. The standard InChI is InChI=1S/C17H20ClN3O3/c1-12-15(11-24-16(23)9-6-10-19-13(2)22)17(18)21(20-12)14-7-4-3-5-8-14/h3-5,7-8H,6,9-11H2,1-2H3,(H,19,22). The molecule has 2 aromatic rings. The van der Waals surface area contributed by atoms with Gasteiger partial charge in [0.25, 0.3) is 0 Å². The Morgan fingerprint density at radius 3 is 2.67 bits per heavy atom. The Bertz CT molecular complexity index is 713. The van der Waals surface area contributed by atoms with E-state index in [0.29, 0.717) is 23.7 Å². The van der Waals surface area contributed by atoms with Crippen LogP contribution >= 0.6 is 11.6 Å². The number of nitrogens with zero attached hydrogens (tertiary/aromatic N) is 2. The summed E-state index contributed by atoms with van der Waals surface area (Å²) in [6.45, 7) is 3.80. The summed E-state index contributed by atoms with van der Waals surface area (Å²) in [5, 5.41) is 7.47. The smallest absolute Gasteiger partial charge is 0.306 e. The van der Waals surface area contributed by atoms with Gasteiger partial charge in [0.15, 0.2) is 0 Å². The minimum atomic E-state index is -0.330. The average molecular weight is 350 g/mol. The molecule has 7 heteroatoms. The Hall–Kier alpha value is -2.34. The highest BCUT2D eigenvalue weighted by atomic mass is 35.5. The molecule has 1 aromatic carbocycles. The molecule has 6 nitrogen and oxygen atoms in total. The number of carbonyl (C=O) groups excluding carboxylic acids is 2. The zero-order valence-electron chi connectivity index (χ0n) is 13.7. The van der Waals surface area contributed by atoms with Gasteiger partial charge in [-0.3, -0.25) is 9.59 Å². The van der Waals surface area contributed by atoms with Gasteiger partial charge in [-0.2, -0.15) is 5.10 Å². The summed E-state index contributed by atoms with van der Waals surface area (Å²) in [7, 11) is 0. The van der Waals surface area contributed by atoms with Gasteiger partial charge in [0.05, 0.1) is 11.4 Å². The fourth-order valence-corrected chi connectivity index (χ4v) is 2.48. The summed E-state index contributed by atoms with van der Waals surface area (Å²) < 4.78 is 6.88. The van der Waals surface area contributed by atoms with Gasteiger partial charge < -0.3 is 10.1 Å². The van der Waals surface area contributed by atoms with Crippen LogP contribution < -0.4 is 5.32 Å². The first-order valence-electron chi connectivity index (χ1n) is 7.68.